The molecule has 1 heterocycles. The second-order valence-corrected chi connectivity index (χ2v) is 5.73. The van der Waals surface area contributed by atoms with Gasteiger partial charge in [-0.25, -0.2) is 0 Å². The monoisotopic (exact) mass is 336 g/mol. The van der Waals surface area contributed by atoms with E-state index in [2.05, 4.69) is 5.32 Å². The minimum absolute atomic E-state index is 0.0891. The number of nitrogens with zero attached hydrogens (tertiary/aromatic N) is 1. The van der Waals surface area contributed by atoms with Gasteiger partial charge in [-0.05, 0) is 30.7 Å². The van der Waals surface area contributed by atoms with Crippen molar-refractivity contribution < 1.29 is 14.3 Å². The van der Waals surface area contributed by atoms with Gasteiger partial charge in [-0.3, -0.25) is 9.59 Å². The fourth-order valence-corrected chi connectivity index (χ4v) is 2.86. The van der Waals surface area contributed by atoms with Gasteiger partial charge in [0.05, 0.1) is 18.5 Å². The van der Waals surface area contributed by atoms with Crippen molar-refractivity contribution >= 4 is 29.3 Å². The fourth-order valence-electron chi connectivity index (χ4n) is 2.86. The first kappa shape index (κ1) is 16.8. The van der Waals surface area contributed by atoms with Crippen molar-refractivity contribution in [3.05, 3.63) is 60.2 Å². The van der Waals surface area contributed by atoms with Crippen molar-refractivity contribution in [1.29, 1.82) is 0 Å². The molecule has 1 aliphatic heterocycles. The lowest BCUT2D eigenvalue weighted by Crippen LogP contribution is -2.25. The Kier molecular flexibility index (Phi) is 5.14. The summed E-state index contributed by atoms with van der Waals surface area (Å²) in [4.78, 5) is 26.0. The second kappa shape index (κ2) is 7.66. The highest BCUT2D eigenvalue weighted by Crippen LogP contribution is 2.29. The number of benzene rings is 2. The van der Waals surface area contributed by atoms with Crippen LogP contribution in [0.4, 0.5) is 11.4 Å². The molecule has 2 aromatic rings. The highest BCUT2D eigenvalue weighted by Gasteiger charge is 2.23. The van der Waals surface area contributed by atoms with E-state index in [9.17, 15) is 9.59 Å². The summed E-state index contributed by atoms with van der Waals surface area (Å²) in [7, 11) is 1.59. The molecule has 0 spiro atoms. The molecule has 5 nitrogen and oxygen atoms in total. The van der Waals surface area contributed by atoms with Crippen molar-refractivity contribution in [1.82, 2.24) is 0 Å². The first-order chi connectivity index (χ1) is 12.2. The number of methoxy groups -OCH3 is 1. The van der Waals surface area contributed by atoms with Gasteiger partial charge in [0.2, 0.25) is 11.8 Å². The van der Waals surface area contributed by atoms with Gasteiger partial charge < -0.3 is 15.0 Å². The number of hydrogen-bond donors (Lipinski definition) is 1. The standard InChI is InChI=1S/C20H20N2O3/c1-25-18-10-5-2-7-15(18)12-13-19(23)21-16-8-3-4-9-17(16)22-14-6-11-20(22)24/h2-5,7-10,12-13H,6,11,14H2,1H3,(H,21,23)/b13-12+. The number of carbonyl (C=O) groups excluding carboxylic acids is 2. The third-order valence-electron chi connectivity index (χ3n) is 4.08. The summed E-state index contributed by atoms with van der Waals surface area (Å²) in [5, 5.41) is 2.86. The summed E-state index contributed by atoms with van der Waals surface area (Å²) < 4.78 is 5.27. The van der Waals surface area contributed by atoms with Crippen LogP contribution in [-0.2, 0) is 9.59 Å². The zero-order chi connectivity index (χ0) is 17.6. The van der Waals surface area contributed by atoms with Gasteiger partial charge >= 0.3 is 0 Å². The van der Waals surface area contributed by atoms with Crippen molar-refractivity contribution in [2.45, 2.75) is 12.8 Å². The predicted octanol–water partition coefficient (Wildman–Crippen LogP) is 3.47. The van der Waals surface area contributed by atoms with Gasteiger partial charge in [0, 0.05) is 24.6 Å². The molecule has 0 atom stereocenters. The number of nitrogens with one attached hydrogen (secondary N) is 1. The summed E-state index contributed by atoms with van der Waals surface area (Å²) in [6.45, 7) is 0.683. The Morgan fingerprint density at radius 2 is 1.92 bits per heavy atom. The molecule has 1 saturated heterocycles. The van der Waals surface area contributed by atoms with E-state index >= 15 is 0 Å². The van der Waals surface area contributed by atoms with Crippen LogP contribution < -0.4 is 15.0 Å². The molecule has 1 aliphatic rings. The summed E-state index contributed by atoms with van der Waals surface area (Å²) in [6.07, 6.45) is 4.56. The molecule has 2 aromatic carbocycles. The van der Waals surface area contributed by atoms with Crippen LogP contribution in [0.2, 0.25) is 0 Å². The Balaban J connectivity index is 1.75. The lowest BCUT2D eigenvalue weighted by molar-refractivity contribution is -0.117. The molecule has 1 N–H and O–H groups in total. The lowest BCUT2D eigenvalue weighted by atomic mass is 10.2. The van der Waals surface area contributed by atoms with Gasteiger partial charge in [0.1, 0.15) is 5.75 Å². The van der Waals surface area contributed by atoms with Crippen molar-refractivity contribution in [3.8, 4) is 5.75 Å². The predicted molar refractivity (Wildman–Crippen MR) is 98.7 cm³/mol. The Hall–Kier alpha value is -3.08. The van der Waals surface area contributed by atoms with Crippen molar-refractivity contribution in [3.63, 3.8) is 0 Å². The van der Waals surface area contributed by atoms with Crippen LogP contribution in [0.5, 0.6) is 5.75 Å². The zero-order valence-corrected chi connectivity index (χ0v) is 14.1. The Bertz CT molecular complexity index is 814. The number of amides is 2. The maximum Gasteiger partial charge on any atom is 0.248 e. The van der Waals surface area contributed by atoms with E-state index in [1.165, 1.54) is 6.08 Å². The maximum atomic E-state index is 12.3. The minimum atomic E-state index is -0.259. The number of para-hydroxylation sites is 3. The molecule has 0 aromatic heterocycles. The number of hydrogen-bond acceptors (Lipinski definition) is 3. The lowest BCUT2D eigenvalue weighted by Gasteiger charge is -2.19. The number of rotatable bonds is 5. The van der Waals surface area contributed by atoms with Gasteiger partial charge in [0.15, 0.2) is 0 Å². The summed E-state index contributed by atoms with van der Waals surface area (Å²) >= 11 is 0. The van der Waals surface area contributed by atoms with Gasteiger partial charge in [-0.15, -0.1) is 0 Å². The van der Waals surface area contributed by atoms with E-state index < -0.39 is 0 Å². The first-order valence-electron chi connectivity index (χ1n) is 8.20. The SMILES string of the molecule is COc1ccccc1/C=C/C(=O)Nc1ccccc1N1CCCC1=O. The molecule has 0 unspecified atom stereocenters. The third-order valence-corrected chi connectivity index (χ3v) is 4.08. The molecule has 5 heteroatoms. The normalized spacial score (nSPS) is 14.1. The molecular formula is C20H20N2O3. The van der Waals surface area contributed by atoms with Crippen LogP contribution in [0.25, 0.3) is 6.08 Å². The van der Waals surface area contributed by atoms with E-state index in [1.54, 1.807) is 24.2 Å². The topological polar surface area (TPSA) is 58.6 Å². The minimum Gasteiger partial charge on any atom is -0.496 e. The van der Waals surface area contributed by atoms with E-state index in [0.717, 1.165) is 17.7 Å². The van der Waals surface area contributed by atoms with Crippen molar-refractivity contribution in [2.75, 3.05) is 23.9 Å². The van der Waals surface area contributed by atoms with Crippen LogP contribution >= 0.6 is 0 Å². The highest BCUT2D eigenvalue weighted by atomic mass is 16.5. The Labute approximate surface area is 146 Å². The van der Waals surface area contributed by atoms with Crippen molar-refractivity contribution in [2.24, 2.45) is 0 Å². The third kappa shape index (κ3) is 3.88. The summed E-state index contributed by atoms with van der Waals surface area (Å²) in [5.41, 5.74) is 2.19. The quantitative estimate of drug-likeness (QED) is 0.851. The number of carbonyl (C=O) groups is 2. The van der Waals surface area contributed by atoms with Crippen LogP contribution in [-0.4, -0.2) is 25.5 Å². The smallest absolute Gasteiger partial charge is 0.248 e. The van der Waals surface area contributed by atoms with Crippen LogP contribution in [0.3, 0.4) is 0 Å². The van der Waals surface area contributed by atoms with Gasteiger partial charge in [-0.1, -0.05) is 30.3 Å². The van der Waals surface area contributed by atoms with E-state index in [-0.39, 0.29) is 11.8 Å². The molecule has 0 aliphatic carbocycles. The molecule has 1 fully saturated rings. The maximum absolute atomic E-state index is 12.3. The molecule has 128 valence electrons. The number of anilines is 2. The first-order valence-corrected chi connectivity index (χ1v) is 8.20. The fraction of sp³-hybridized carbons (Fsp3) is 0.200. The number of ether oxygens (including phenoxy) is 1. The summed E-state index contributed by atoms with van der Waals surface area (Å²) in [6, 6.07) is 14.8. The van der Waals surface area contributed by atoms with Gasteiger partial charge in [-0.2, -0.15) is 0 Å². The molecule has 0 radical (unpaired) electrons. The molecule has 0 bridgehead atoms. The van der Waals surface area contributed by atoms with Crippen LogP contribution in [0, 0.1) is 0 Å². The highest BCUT2D eigenvalue weighted by molar-refractivity contribution is 6.06. The van der Waals surface area contributed by atoms with E-state index in [0.29, 0.717) is 24.4 Å². The molecule has 2 amide bonds. The Morgan fingerprint density at radius 1 is 1.16 bits per heavy atom. The molecular weight excluding hydrogens is 316 g/mol. The van der Waals surface area contributed by atoms with E-state index in [1.807, 2.05) is 42.5 Å². The van der Waals surface area contributed by atoms with Gasteiger partial charge in [0.25, 0.3) is 0 Å². The molecule has 25 heavy (non-hydrogen) atoms. The van der Waals surface area contributed by atoms with Crippen LogP contribution in [0.1, 0.15) is 18.4 Å². The molecule has 3 rings (SSSR count). The summed E-state index contributed by atoms with van der Waals surface area (Å²) in [5.74, 6) is 0.533. The Morgan fingerprint density at radius 3 is 2.68 bits per heavy atom. The average Bonchev–Trinajstić information content (AvgIpc) is 3.06. The second-order valence-electron chi connectivity index (χ2n) is 5.73. The molecule has 0 saturated carbocycles. The van der Waals surface area contributed by atoms with E-state index in [4.69, 9.17) is 4.74 Å². The zero-order valence-electron chi connectivity index (χ0n) is 14.1. The van der Waals surface area contributed by atoms with Crippen LogP contribution in [0.15, 0.2) is 54.6 Å². The average molecular weight is 336 g/mol. The largest absolute Gasteiger partial charge is 0.496 e.